The lowest BCUT2D eigenvalue weighted by molar-refractivity contribution is 0.615. The van der Waals surface area contributed by atoms with E-state index in [4.69, 9.17) is 5.73 Å². The number of aryl methyl sites for hydroxylation is 1. The second-order valence-corrected chi connectivity index (χ2v) is 6.74. The summed E-state index contributed by atoms with van der Waals surface area (Å²) < 4.78 is 1.18. The van der Waals surface area contributed by atoms with Gasteiger partial charge >= 0.3 is 0 Å². The topological polar surface area (TPSA) is 26.0 Å². The Morgan fingerprint density at radius 2 is 1.88 bits per heavy atom. The molecule has 0 aliphatic heterocycles. The Morgan fingerprint density at radius 3 is 2.53 bits per heavy atom. The van der Waals surface area contributed by atoms with E-state index in [1.807, 2.05) is 6.07 Å². The summed E-state index contributed by atoms with van der Waals surface area (Å²) in [6, 6.07) is 15.0. The van der Waals surface area contributed by atoms with Crippen LogP contribution in [-0.4, -0.2) is 6.04 Å². The summed E-state index contributed by atoms with van der Waals surface area (Å²) in [4.78, 5) is 1.36. The Bertz CT molecular complexity index is 452. The zero-order valence-electron chi connectivity index (χ0n) is 9.60. The minimum absolute atomic E-state index is 0.251. The molecular weight excluding hydrogens is 294 g/mol. The highest BCUT2D eigenvalue weighted by Gasteiger charge is 2.06. The van der Waals surface area contributed by atoms with Gasteiger partial charge in [0, 0.05) is 10.9 Å². The maximum absolute atomic E-state index is 6.15. The van der Waals surface area contributed by atoms with Crippen molar-refractivity contribution in [2.75, 3.05) is 0 Å². The smallest absolute Gasteiger partial charge is 0.0701 e. The minimum Gasteiger partial charge on any atom is -0.327 e. The van der Waals surface area contributed by atoms with Crippen LogP contribution >= 0.6 is 27.3 Å². The van der Waals surface area contributed by atoms with Gasteiger partial charge < -0.3 is 5.73 Å². The van der Waals surface area contributed by atoms with Gasteiger partial charge in [-0.3, -0.25) is 0 Å². The molecule has 0 aliphatic carbocycles. The van der Waals surface area contributed by atoms with Gasteiger partial charge in [0.25, 0.3) is 0 Å². The number of halogens is 1. The van der Waals surface area contributed by atoms with Gasteiger partial charge in [0.2, 0.25) is 0 Å². The number of benzene rings is 1. The van der Waals surface area contributed by atoms with E-state index in [-0.39, 0.29) is 6.04 Å². The fourth-order valence-corrected chi connectivity index (χ4v) is 3.39. The molecule has 1 aromatic heterocycles. The zero-order valence-corrected chi connectivity index (χ0v) is 12.0. The quantitative estimate of drug-likeness (QED) is 0.887. The number of thiophene rings is 1. The maximum Gasteiger partial charge on any atom is 0.0701 e. The van der Waals surface area contributed by atoms with E-state index < -0.39 is 0 Å². The molecule has 0 saturated carbocycles. The summed E-state index contributed by atoms with van der Waals surface area (Å²) in [6.07, 6.45) is 3.08. The molecule has 1 heterocycles. The van der Waals surface area contributed by atoms with E-state index in [0.717, 1.165) is 19.3 Å². The van der Waals surface area contributed by atoms with Crippen molar-refractivity contribution in [3.8, 4) is 0 Å². The molecular formula is C14H16BrNS. The van der Waals surface area contributed by atoms with Crippen LogP contribution in [-0.2, 0) is 12.8 Å². The Morgan fingerprint density at radius 1 is 1.12 bits per heavy atom. The van der Waals surface area contributed by atoms with Crippen LogP contribution in [0.3, 0.4) is 0 Å². The summed E-state index contributed by atoms with van der Waals surface area (Å²) in [6.45, 7) is 0. The van der Waals surface area contributed by atoms with Crippen LogP contribution in [0.5, 0.6) is 0 Å². The lowest BCUT2D eigenvalue weighted by Crippen LogP contribution is -2.22. The number of hydrogen-bond acceptors (Lipinski definition) is 2. The molecule has 0 saturated heterocycles. The van der Waals surface area contributed by atoms with Crippen molar-refractivity contribution in [3.05, 3.63) is 56.7 Å². The van der Waals surface area contributed by atoms with Crippen LogP contribution in [0.25, 0.3) is 0 Å². The van der Waals surface area contributed by atoms with Crippen molar-refractivity contribution in [1.29, 1.82) is 0 Å². The second-order valence-electron chi connectivity index (χ2n) is 4.19. The Labute approximate surface area is 115 Å². The predicted molar refractivity (Wildman–Crippen MR) is 78.5 cm³/mol. The fourth-order valence-electron chi connectivity index (χ4n) is 1.82. The van der Waals surface area contributed by atoms with Crippen molar-refractivity contribution < 1.29 is 0 Å². The highest BCUT2D eigenvalue weighted by Crippen LogP contribution is 2.23. The van der Waals surface area contributed by atoms with E-state index >= 15 is 0 Å². The molecule has 2 rings (SSSR count). The maximum atomic E-state index is 6.15. The molecule has 90 valence electrons. The van der Waals surface area contributed by atoms with Crippen LogP contribution in [0.1, 0.15) is 16.9 Å². The Balaban J connectivity index is 1.80. The van der Waals surface area contributed by atoms with Gasteiger partial charge in [-0.25, -0.2) is 0 Å². The molecule has 2 N–H and O–H groups in total. The van der Waals surface area contributed by atoms with Gasteiger partial charge in [0.1, 0.15) is 0 Å². The fraction of sp³-hybridized carbons (Fsp3) is 0.286. The van der Waals surface area contributed by atoms with Gasteiger partial charge in [-0.05, 0) is 52.9 Å². The minimum atomic E-state index is 0.251. The van der Waals surface area contributed by atoms with Crippen LogP contribution < -0.4 is 5.73 Å². The van der Waals surface area contributed by atoms with E-state index in [1.165, 1.54) is 14.2 Å². The van der Waals surface area contributed by atoms with Crippen molar-refractivity contribution >= 4 is 27.3 Å². The first-order valence-corrected chi connectivity index (χ1v) is 7.39. The first-order chi connectivity index (χ1) is 8.24. The Hall–Kier alpha value is -0.640. The highest BCUT2D eigenvalue weighted by molar-refractivity contribution is 9.11. The van der Waals surface area contributed by atoms with Crippen LogP contribution in [0.15, 0.2) is 46.3 Å². The average molecular weight is 310 g/mol. The van der Waals surface area contributed by atoms with Gasteiger partial charge in [0.15, 0.2) is 0 Å². The molecule has 0 bridgehead atoms. The molecule has 2 aromatic rings. The first-order valence-electron chi connectivity index (χ1n) is 5.78. The third-order valence-corrected chi connectivity index (χ3v) is 4.38. The molecule has 0 fully saturated rings. The van der Waals surface area contributed by atoms with E-state index in [9.17, 15) is 0 Å². The normalized spacial score (nSPS) is 12.6. The van der Waals surface area contributed by atoms with Crippen LogP contribution in [0.4, 0.5) is 0 Å². The third-order valence-electron chi connectivity index (χ3n) is 2.74. The third kappa shape index (κ3) is 4.26. The van der Waals surface area contributed by atoms with E-state index in [0.29, 0.717) is 0 Å². The SMILES string of the molecule is NC(CCc1ccccc1)Cc1ccc(Br)s1. The summed E-state index contributed by atoms with van der Waals surface area (Å²) in [5.41, 5.74) is 7.52. The van der Waals surface area contributed by atoms with Gasteiger partial charge in [-0.15, -0.1) is 11.3 Å². The number of nitrogens with two attached hydrogens (primary N) is 1. The summed E-state index contributed by atoms with van der Waals surface area (Å²) in [5, 5.41) is 0. The first kappa shape index (κ1) is 12.8. The molecule has 0 radical (unpaired) electrons. The second kappa shape index (κ2) is 6.34. The molecule has 1 unspecified atom stereocenters. The summed E-state index contributed by atoms with van der Waals surface area (Å²) in [5.74, 6) is 0. The van der Waals surface area contributed by atoms with Crippen molar-refractivity contribution in [2.45, 2.75) is 25.3 Å². The van der Waals surface area contributed by atoms with E-state index in [1.54, 1.807) is 11.3 Å². The number of rotatable bonds is 5. The van der Waals surface area contributed by atoms with Crippen LogP contribution in [0.2, 0.25) is 0 Å². The molecule has 1 aromatic carbocycles. The van der Waals surface area contributed by atoms with Crippen LogP contribution in [0, 0.1) is 0 Å². The van der Waals surface area contributed by atoms with Crippen molar-refractivity contribution in [2.24, 2.45) is 5.73 Å². The molecule has 3 heteroatoms. The zero-order chi connectivity index (χ0) is 12.1. The lowest BCUT2D eigenvalue weighted by Gasteiger charge is -2.10. The lowest BCUT2D eigenvalue weighted by atomic mass is 10.0. The Kier molecular flexibility index (Phi) is 4.77. The largest absolute Gasteiger partial charge is 0.327 e. The average Bonchev–Trinajstić information content (AvgIpc) is 2.73. The molecule has 17 heavy (non-hydrogen) atoms. The molecule has 1 atom stereocenters. The highest BCUT2D eigenvalue weighted by atomic mass is 79.9. The van der Waals surface area contributed by atoms with Gasteiger partial charge in [0.05, 0.1) is 3.79 Å². The predicted octanol–water partition coefficient (Wildman–Crippen LogP) is 4.01. The van der Waals surface area contributed by atoms with Crippen molar-refractivity contribution in [1.82, 2.24) is 0 Å². The summed E-state index contributed by atoms with van der Waals surface area (Å²) >= 11 is 5.25. The molecule has 0 spiro atoms. The standard InChI is InChI=1S/C14H16BrNS/c15-14-9-8-13(17-14)10-12(16)7-6-11-4-2-1-3-5-11/h1-5,8-9,12H,6-7,10,16H2. The molecule has 0 aliphatic rings. The summed E-state index contributed by atoms with van der Waals surface area (Å²) in [7, 11) is 0. The van der Waals surface area contributed by atoms with E-state index in [2.05, 4.69) is 52.3 Å². The van der Waals surface area contributed by atoms with Gasteiger partial charge in [-0.2, -0.15) is 0 Å². The molecule has 1 nitrogen and oxygen atoms in total. The van der Waals surface area contributed by atoms with Gasteiger partial charge in [-0.1, -0.05) is 30.3 Å². The monoisotopic (exact) mass is 309 g/mol. The number of hydrogen-bond donors (Lipinski definition) is 1. The molecule has 0 amide bonds. The van der Waals surface area contributed by atoms with Crippen molar-refractivity contribution in [3.63, 3.8) is 0 Å².